The number of nitrogens with one attached hydrogen (secondary N) is 1. The van der Waals surface area contributed by atoms with Gasteiger partial charge >= 0.3 is 6.18 Å². The lowest BCUT2D eigenvalue weighted by molar-refractivity contribution is -0.142. The number of carbonyl (C=O) groups excluding carboxylic acids is 2. The summed E-state index contributed by atoms with van der Waals surface area (Å²) >= 11 is 5.90. The van der Waals surface area contributed by atoms with E-state index in [2.05, 4.69) is 5.32 Å². The number of nitrogens with zero attached hydrogens (tertiary/aromatic N) is 2. The van der Waals surface area contributed by atoms with Crippen LogP contribution in [0.3, 0.4) is 0 Å². The van der Waals surface area contributed by atoms with E-state index in [-0.39, 0.29) is 54.3 Å². The number of likely N-dealkylation sites (N-methyl/N-ethyl adjacent to an activating group) is 1. The highest BCUT2D eigenvalue weighted by molar-refractivity contribution is 7.89. The van der Waals surface area contributed by atoms with E-state index in [4.69, 9.17) is 16.3 Å². The minimum absolute atomic E-state index is 0.0390. The third kappa shape index (κ3) is 8.81. The highest BCUT2D eigenvalue weighted by Gasteiger charge is 2.34. The van der Waals surface area contributed by atoms with Crippen LogP contribution >= 0.6 is 11.6 Å². The SMILES string of the molecule is C[C@H](CO)N1C[C@H](C)[C@H](CN(C)S(=O)(=O)c2ccc(Cl)cc2)Oc2ccc(NC(=O)CCC(F)(F)F)cc2CC1=O. The predicted molar refractivity (Wildman–Crippen MR) is 147 cm³/mol. The van der Waals surface area contributed by atoms with Crippen LogP contribution in [0.2, 0.25) is 5.02 Å². The van der Waals surface area contributed by atoms with Crippen LogP contribution in [0.25, 0.3) is 0 Å². The van der Waals surface area contributed by atoms with Gasteiger partial charge in [-0.2, -0.15) is 17.5 Å². The Balaban J connectivity index is 1.92. The Morgan fingerprint density at radius 2 is 1.90 bits per heavy atom. The van der Waals surface area contributed by atoms with Gasteiger partial charge in [-0.15, -0.1) is 0 Å². The zero-order valence-corrected chi connectivity index (χ0v) is 24.4. The number of anilines is 1. The normalized spacial score (nSPS) is 19.0. The van der Waals surface area contributed by atoms with Crippen molar-refractivity contribution in [1.82, 2.24) is 9.21 Å². The van der Waals surface area contributed by atoms with Crippen molar-refractivity contribution < 1.29 is 41.0 Å². The maximum absolute atomic E-state index is 13.3. The first-order valence-electron chi connectivity index (χ1n) is 12.9. The zero-order valence-electron chi connectivity index (χ0n) is 22.8. The molecule has 3 rings (SSSR count). The van der Waals surface area contributed by atoms with E-state index in [0.29, 0.717) is 10.6 Å². The van der Waals surface area contributed by atoms with Crippen LogP contribution in [0.4, 0.5) is 18.9 Å². The number of carbonyl (C=O) groups is 2. The Labute approximate surface area is 242 Å². The molecular weight excluding hydrogens is 587 g/mol. The van der Waals surface area contributed by atoms with Crippen LogP contribution in [0.5, 0.6) is 5.75 Å². The van der Waals surface area contributed by atoms with E-state index in [1.54, 1.807) is 13.8 Å². The highest BCUT2D eigenvalue weighted by Crippen LogP contribution is 2.30. The Kier molecular flexibility index (Phi) is 10.7. The zero-order chi connectivity index (χ0) is 30.5. The number of fused-ring (bicyclic) bond motifs is 1. The van der Waals surface area contributed by atoms with Gasteiger partial charge in [0.05, 0.1) is 36.9 Å². The lowest BCUT2D eigenvalue weighted by atomic mass is 10.0. The van der Waals surface area contributed by atoms with Crippen LogP contribution in [0.15, 0.2) is 47.4 Å². The monoisotopic (exact) mass is 619 g/mol. The van der Waals surface area contributed by atoms with E-state index in [1.807, 2.05) is 0 Å². The van der Waals surface area contributed by atoms with Gasteiger partial charge in [-0.05, 0) is 49.4 Å². The van der Waals surface area contributed by atoms with Crippen molar-refractivity contribution in [2.45, 2.75) is 56.3 Å². The summed E-state index contributed by atoms with van der Waals surface area (Å²) in [4.78, 5) is 26.9. The molecule has 1 aliphatic rings. The molecule has 0 fully saturated rings. The summed E-state index contributed by atoms with van der Waals surface area (Å²) in [5, 5.41) is 12.6. The average Bonchev–Trinajstić information content (AvgIpc) is 2.94. The largest absolute Gasteiger partial charge is 0.488 e. The fraction of sp³-hybridized carbons (Fsp3) is 0.481. The molecule has 0 aliphatic carbocycles. The molecule has 2 N–H and O–H groups in total. The van der Waals surface area contributed by atoms with E-state index in [9.17, 15) is 36.3 Å². The summed E-state index contributed by atoms with van der Waals surface area (Å²) in [6.07, 6.45) is -7.43. The van der Waals surface area contributed by atoms with Crippen molar-refractivity contribution in [2.75, 3.05) is 32.1 Å². The first kappa shape index (κ1) is 32.6. The molecule has 14 heteroatoms. The maximum atomic E-state index is 13.3. The molecule has 0 saturated heterocycles. The second-order valence-electron chi connectivity index (χ2n) is 10.1. The van der Waals surface area contributed by atoms with Crippen LogP contribution in [-0.4, -0.2) is 79.6 Å². The van der Waals surface area contributed by atoms with Crippen LogP contribution < -0.4 is 10.1 Å². The number of sulfonamides is 1. The minimum Gasteiger partial charge on any atom is -0.488 e. The Morgan fingerprint density at radius 1 is 1.24 bits per heavy atom. The topological polar surface area (TPSA) is 116 Å². The number of amides is 2. The number of ether oxygens (including phenoxy) is 1. The number of aliphatic hydroxyl groups is 1. The fourth-order valence-electron chi connectivity index (χ4n) is 4.34. The molecule has 2 aromatic carbocycles. The third-order valence-corrected chi connectivity index (χ3v) is 8.88. The summed E-state index contributed by atoms with van der Waals surface area (Å²) in [5.41, 5.74) is 0.529. The quantitative estimate of drug-likeness (QED) is 0.437. The summed E-state index contributed by atoms with van der Waals surface area (Å²) in [6, 6.07) is 9.55. The van der Waals surface area contributed by atoms with Gasteiger partial charge in [0, 0.05) is 42.2 Å². The van der Waals surface area contributed by atoms with Crippen molar-refractivity contribution in [3.05, 3.63) is 53.1 Å². The first-order chi connectivity index (χ1) is 19.1. The van der Waals surface area contributed by atoms with Crippen molar-refractivity contribution in [1.29, 1.82) is 0 Å². The molecule has 0 radical (unpaired) electrons. The molecule has 41 heavy (non-hydrogen) atoms. The molecule has 9 nitrogen and oxygen atoms in total. The van der Waals surface area contributed by atoms with E-state index in [0.717, 1.165) is 4.31 Å². The van der Waals surface area contributed by atoms with Crippen molar-refractivity contribution in [3.63, 3.8) is 0 Å². The standard InChI is InChI=1S/C27H33ClF3N3O6S/c1-17-14-34(18(2)16-35)26(37)13-19-12-21(32-25(36)10-11-27(29,30)31)6-9-23(19)40-24(17)15-33(3)41(38,39)22-7-4-20(28)5-8-22/h4-9,12,17-18,24,35H,10-11,13-16H2,1-3H3,(H,32,36)/t17-,18+,24-/m0/s1. The molecule has 0 unspecified atom stereocenters. The molecule has 0 aromatic heterocycles. The van der Waals surface area contributed by atoms with Gasteiger partial charge in [0.2, 0.25) is 21.8 Å². The van der Waals surface area contributed by atoms with Crippen molar-refractivity contribution in [2.24, 2.45) is 5.92 Å². The van der Waals surface area contributed by atoms with Gasteiger partial charge in [0.25, 0.3) is 0 Å². The molecule has 2 aromatic rings. The lowest BCUT2D eigenvalue weighted by Gasteiger charge is -2.33. The predicted octanol–water partition coefficient (Wildman–Crippen LogP) is 4.09. The molecule has 0 saturated carbocycles. The molecule has 1 aliphatic heterocycles. The van der Waals surface area contributed by atoms with E-state index < -0.39 is 47.1 Å². The van der Waals surface area contributed by atoms with E-state index >= 15 is 0 Å². The number of alkyl halides is 3. The van der Waals surface area contributed by atoms with Gasteiger partial charge in [-0.25, -0.2) is 8.42 Å². The Bertz CT molecular complexity index is 1340. The number of hydrogen-bond acceptors (Lipinski definition) is 6. The van der Waals surface area contributed by atoms with Crippen LogP contribution in [-0.2, 0) is 26.0 Å². The number of aliphatic hydroxyl groups excluding tert-OH is 1. The van der Waals surface area contributed by atoms with Gasteiger partial charge in [0.1, 0.15) is 11.9 Å². The smallest absolute Gasteiger partial charge is 0.389 e. The molecule has 1 heterocycles. The molecule has 0 spiro atoms. The lowest BCUT2D eigenvalue weighted by Crippen LogP contribution is -2.48. The summed E-state index contributed by atoms with van der Waals surface area (Å²) < 4.78 is 71.5. The second kappa shape index (κ2) is 13.4. The number of hydrogen-bond donors (Lipinski definition) is 2. The number of rotatable bonds is 9. The number of halogens is 4. The van der Waals surface area contributed by atoms with Gasteiger partial charge < -0.3 is 20.1 Å². The van der Waals surface area contributed by atoms with Crippen molar-refractivity contribution >= 4 is 39.1 Å². The van der Waals surface area contributed by atoms with E-state index in [1.165, 1.54) is 54.4 Å². The van der Waals surface area contributed by atoms with Gasteiger partial charge in [-0.3, -0.25) is 9.59 Å². The molecule has 226 valence electrons. The van der Waals surface area contributed by atoms with Gasteiger partial charge in [0.15, 0.2) is 0 Å². The molecule has 2 amide bonds. The summed E-state index contributed by atoms with van der Waals surface area (Å²) in [5.74, 6) is -1.30. The Hall–Kier alpha value is -2.87. The van der Waals surface area contributed by atoms with Gasteiger partial charge in [-0.1, -0.05) is 18.5 Å². The maximum Gasteiger partial charge on any atom is 0.389 e. The molecular formula is C27H33ClF3N3O6S. The average molecular weight is 620 g/mol. The minimum atomic E-state index is -4.48. The second-order valence-corrected chi connectivity index (χ2v) is 12.6. The number of benzene rings is 2. The highest BCUT2D eigenvalue weighted by atomic mass is 35.5. The fourth-order valence-corrected chi connectivity index (χ4v) is 5.65. The Morgan fingerprint density at radius 3 is 2.51 bits per heavy atom. The van der Waals surface area contributed by atoms with Crippen molar-refractivity contribution in [3.8, 4) is 5.75 Å². The summed E-state index contributed by atoms with van der Waals surface area (Å²) in [6.45, 7) is 3.24. The van der Waals surface area contributed by atoms with Crippen LogP contribution in [0.1, 0.15) is 32.3 Å². The third-order valence-electron chi connectivity index (χ3n) is 6.79. The summed E-state index contributed by atoms with van der Waals surface area (Å²) in [7, 11) is -2.51. The molecule has 3 atom stereocenters. The first-order valence-corrected chi connectivity index (χ1v) is 14.7. The molecule has 0 bridgehead atoms. The van der Waals surface area contributed by atoms with Crippen LogP contribution in [0, 0.1) is 5.92 Å².